The zero-order valence-electron chi connectivity index (χ0n) is 12.6. The van der Waals surface area contributed by atoms with E-state index in [2.05, 4.69) is 43.2 Å². The average molecular weight is 260 g/mol. The van der Waals surface area contributed by atoms with Crippen LogP contribution in [0.1, 0.15) is 64.5 Å². The number of nitrogens with zero attached hydrogens (tertiary/aromatic N) is 1. The molecule has 0 aliphatic heterocycles. The Labute approximate surface area is 118 Å². The van der Waals surface area contributed by atoms with Crippen LogP contribution in [0.25, 0.3) is 0 Å². The van der Waals surface area contributed by atoms with E-state index in [1.54, 1.807) is 0 Å². The van der Waals surface area contributed by atoms with E-state index in [1.807, 2.05) is 12.4 Å². The van der Waals surface area contributed by atoms with E-state index in [4.69, 9.17) is 0 Å². The molecule has 1 saturated carbocycles. The Kier molecular flexibility index (Phi) is 5.38. The van der Waals surface area contributed by atoms with Gasteiger partial charge >= 0.3 is 0 Å². The largest absolute Gasteiger partial charge is 0.307 e. The lowest BCUT2D eigenvalue weighted by Gasteiger charge is -2.32. The summed E-state index contributed by atoms with van der Waals surface area (Å²) in [7, 11) is 0. The van der Waals surface area contributed by atoms with Crippen LogP contribution in [0.5, 0.6) is 0 Å². The van der Waals surface area contributed by atoms with Crippen molar-refractivity contribution in [1.82, 2.24) is 10.3 Å². The van der Waals surface area contributed by atoms with Crippen LogP contribution in [0.15, 0.2) is 24.5 Å². The molecule has 2 nitrogen and oxygen atoms in total. The molecule has 2 heteroatoms. The van der Waals surface area contributed by atoms with Crippen molar-refractivity contribution in [2.45, 2.75) is 65.0 Å². The van der Waals surface area contributed by atoms with Gasteiger partial charge in [0, 0.05) is 24.5 Å². The molecule has 1 aliphatic carbocycles. The maximum absolute atomic E-state index is 4.09. The molecule has 1 aromatic rings. The first-order valence-corrected chi connectivity index (χ1v) is 7.81. The van der Waals surface area contributed by atoms with Crippen LogP contribution in [0.3, 0.4) is 0 Å². The molecule has 19 heavy (non-hydrogen) atoms. The van der Waals surface area contributed by atoms with Crippen molar-refractivity contribution in [2.75, 3.05) is 0 Å². The van der Waals surface area contributed by atoms with Crippen LogP contribution in [0.4, 0.5) is 0 Å². The third kappa shape index (κ3) is 4.61. The Hall–Kier alpha value is -0.890. The summed E-state index contributed by atoms with van der Waals surface area (Å²) < 4.78 is 0. The Balaban J connectivity index is 1.85. The third-order valence-electron chi connectivity index (χ3n) is 4.28. The number of rotatable bonds is 5. The number of hydrogen-bond donors (Lipinski definition) is 1. The highest BCUT2D eigenvalue weighted by Gasteiger charge is 2.23. The van der Waals surface area contributed by atoms with Crippen LogP contribution >= 0.6 is 0 Å². The van der Waals surface area contributed by atoms with Crippen LogP contribution in [-0.4, -0.2) is 11.0 Å². The lowest BCUT2D eigenvalue weighted by atomic mass is 9.81. The molecule has 0 saturated heterocycles. The Morgan fingerprint density at radius 2 is 1.95 bits per heavy atom. The fourth-order valence-electron chi connectivity index (χ4n) is 3.43. The molecular formula is C17H28N2. The maximum Gasteiger partial charge on any atom is 0.0295 e. The summed E-state index contributed by atoms with van der Waals surface area (Å²) in [5.41, 5.74) is 1.35. The van der Waals surface area contributed by atoms with E-state index in [0.29, 0.717) is 12.1 Å². The molecule has 3 atom stereocenters. The van der Waals surface area contributed by atoms with Gasteiger partial charge < -0.3 is 5.32 Å². The lowest BCUT2D eigenvalue weighted by Crippen LogP contribution is -2.36. The molecule has 0 bridgehead atoms. The molecule has 1 fully saturated rings. The summed E-state index contributed by atoms with van der Waals surface area (Å²) >= 11 is 0. The van der Waals surface area contributed by atoms with Crippen molar-refractivity contribution in [2.24, 2.45) is 11.8 Å². The van der Waals surface area contributed by atoms with Crippen LogP contribution in [0, 0.1) is 11.8 Å². The van der Waals surface area contributed by atoms with Gasteiger partial charge in [-0.3, -0.25) is 4.98 Å². The summed E-state index contributed by atoms with van der Waals surface area (Å²) in [4.78, 5) is 4.09. The standard InChI is InChI=1S/C17H28N2/c1-13(2)11-15-5-4-6-17(12-15)19-14(3)16-7-9-18-10-8-16/h7-10,13-15,17,19H,4-6,11-12H2,1-3H3/t14-,15?,17?/m0/s1. The molecule has 1 aliphatic rings. The van der Waals surface area contributed by atoms with Gasteiger partial charge in [0.2, 0.25) is 0 Å². The van der Waals surface area contributed by atoms with Gasteiger partial charge in [0.15, 0.2) is 0 Å². The van der Waals surface area contributed by atoms with Gasteiger partial charge in [-0.1, -0.05) is 26.7 Å². The predicted molar refractivity (Wildman–Crippen MR) is 81.0 cm³/mol. The Morgan fingerprint density at radius 3 is 2.63 bits per heavy atom. The second-order valence-corrected chi connectivity index (χ2v) is 6.53. The molecule has 1 N–H and O–H groups in total. The van der Waals surface area contributed by atoms with E-state index in [1.165, 1.54) is 37.7 Å². The van der Waals surface area contributed by atoms with Crippen LogP contribution in [-0.2, 0) is 0 Å². The van der Waals surface area contributed by atoms with Crippen molar-refractivity contribution in [1.29, 1.82) is 0 Å². The van der Waals surface area contributed by atoms with Gasteiger partial charge in [-0.25, -0.2) is 0 Å². The first kappa shape index (κ1) is 14.5. The highest BCUT2D eigenvalue weighted by molar-refractivity contribution is 5.14. The molecule has 106 valence electrons. The van der Waals surface area contributed by atoms with Gasteiger partial charge in [-0.2, -0.15) is 0 Å². The van der Waals surface area contributed by atoms with Crippen LogP contribution in [0.2, 0.25) is 0 Å². The van der Waals surface area contributed by atoms with Crippen molar-refractivity contribution in [3.63, 3.8) is 0 Å². The number of aromatic nitrogens is 1. The average Bonchev–Trinajstić information content (AvgIpc) is 2.39. The summed E-state index contributed by atoms with van der Waals surface area (Å²) in [6, 6.07) is 5.37. The molecular weight excluding hydrogens is 232 g/mol. The lowest BCUT2D eigenvalue weighted by molar-refractivity contribution is 0.242. The third-order valence-corrected chi connectivity index (χ3v) is 4.28. The van der Waals surface area contributed by atoms with Gasteiger partial charge in [0.05, 0.1) is 0 Å². The van der Waals surface area contributed by atoms with Crippen molar-refractivity contribution >= 4 is 0 Å². The smallest absolute Gasteiger partial charge is 0.0295 e. The predicted octanol–water partition coefficient (Wildman–Crippen LogP) is 4.34. The number of nitrogens with one attached hydrogen (secondary N) is 1. The summed E-state index contributed by atoms with van der Waals surface area (Å²) in [6.45, 7) is 6.95. The fraction of sp³-hybridized carbons (Fsp3) is 0.706. The topological polar surface area (TPSA) is 24.9 Å². The molecule has 2 unspecified atom stereocenters. The Bertz CT molecular complexity index is 361. The zero-order chi connectivity index (χ0) is 13.7. The molecule has 0 radical (unpaired) electrons. The monoisotopic (exact) mass is 260 g/mol. The zero-order valence-corrected chi connectivity index (χ0v) is 12.6. The fourth-order valence-corrected chi connectivity index (χ4v) is 3.43. The molecule has 1 heterocycles. The quantitative estimate of drug-likeness (QED) is 0.852. The van der Waals surface area contributed by atoms with E-state index < -0.39 is 0 Å². The van der Waals surface area contributed by atoms with Gasteiger partial charge in [0.25, 0.3) is 0 Å². The first-order chi connectivity index (χ1) is 9.15. The van der Waals surface area contributed by atoms with Gasteiger partial charge in [0.1, 0.15) is 0 Å². The van der Waals surface area contributed by atoms with Crippen molar-refractivity contribution in [3.05, 3.63) is 30.1 Å². The van der Waals surface area contributed by atoms with E-state index >= 15 is 0 Å². The van der Waals surface area contributed by atoms with Gasteiger partial charge in [-0.15, -0.1) is 0 Å². The molecule has 1 aromatic heterocycles. The van der Waals surface area contributed by atoms with Crippen LogP contribution < -0.4 is 5.32 Å². The highest BCUT2D eigenvalue weighted by Crippen LogP contribution is 2.30. The SMILES string of the molecule is CC(C)CC1CCCC(N[C@@H](C)c2ccncc2)C1. The van der Waals surface area contributed by atoms with Crippen molar-refractivity contribution in [3.8, 4) is 0 Å². The number of pyridine rings is 1. The summed E-state index contributed by atoms with van der Waals surface area (Å²) in [5, 5.41) is 3.81. The molecule has 2 rings (SSSR count). The minimum Gasteiger partial charge on any atom is -0.307 e. The molecule has 0 spiro atoms. The molecule has 0 aromatic carbocycles. The first-order valence-electron chi connectivity index (χ1n) is 7.81. The maximum atomic E-state index is 4.09. The minimum absolute atomic E-state index is 0.436. The van der Waals surface area contributed by atoms with E-state index in [9.17, 15) is 0 Å². The minimum atomic E-state index is 0.436. The van der Waals surface area contributed by atoms with E-state index in [-0.39, 0.29) is 0 Å². The molecule has 0 amide bonds. The van der Waals surface area contributed by atoms with Crippen molar-refractivity contribution < 1.29 is 0 Å². The van der Waals surface area contributed by atoms with E-state index in [0.717, 1.165) is 11.8 Å². The second kappa shape index (κ2) is 7.04. The van der Waals surface area contributed by atoms with Gasteiger partial charge in [-0.05, 0) is 55.7 Å². The highest BCUT2D eigenvalue weighted by atomic mass is 14.9. The number of hydrogen-bond acceptors (Lipinski definition) is 2. The summed E-state index contributed by atoms with van der Waals surface area (Å²) in [6.07, 6.45) is 10.7. The normalized spacial score (nSPS) is 25.5. The second-order valence-electron chi connectivity index (χ2n) is 6.53. The Morgan fingerprint density at radius 1 is 1.21 bits per heavy atom. The summed E-state index contributed by atoms with van der Waals surface area (Å²) in [5.74, 6) is 1.76.